The number of esters is 2. The van der Waals surface area contributed by atoms with Crippen LogP contribution < -0.4 is 9.64 Å². The molecular weight excluding hydrogens is 470 g/mol. The number of benzene rings is 3. The maximum atomic E-state index is 12.5. The van der Waals surface area contributed by atoms with Gasteiger partial charge >= 0.3 is 11.9 Å². The number of hydrogen-bond acceptors (Lipinski definition) is 6. The lowest BCUT2D eigenvalue weighted by Crippen LogP contribution is -2.27. The molecule has 0 radical (unpaired) electrons. The lowest BCUT2D eigenvalue weighted by molar-refractivity contribution is -0.147. The highest BCUT2D eigenvalue weighted by Gasteiger charge is 2.37. The lowest BCUT2D eigenvalue weighted by atomic mass is 10.1. The Labute approximate surface area is 207 Å². The van der Waals surface area contributed by atoms with Crippen molar-refractivity contribution < 1.29 is 28.7 Å². The van der Waals surface area contributed by atoms with Crippen molar-refractivity contribution in [3.63, 3.8) is 0 Å². The van der Waals surface area contributed by atoms with Crippen molar-refractivity contribution in [2.75, 3.05) is 18.1 Å². The molecule has 0 saturated carbocycles. The summed E-state index contributed by atoms with van der Waals surface area (Å²) in [5.41, 5.74) is 2.12. The number of carbonyl (C=O) groups excluding carboxylic acids is 4. The molecular formula is C27H22ClNO6. The first-order chi connectivity index (χ1) is 16.8. The van der Waals surface area contributed by atoms with Crippen molar-refractivity contribution in [3.8, 4) is 5.75 Å². The van der Waals surface area contributed by atoms with E-state index < -0.39 is 30.2 Å². The van der Waals surface area contributed by atoms with Crippen molar-refractivity contribution >= 4 is 40.9 Å². The van der Waals surface area contributed by atoms with E-state index in [4.69, 9.17) is 21.1 Å². The standard InChI is InChI=1S/C27H22ClNO6/c1-17-22(28)8-5-9-23(17)29-15-20(14-25(29)31)26(32)34-16-24(30)18-10-12-21(13-11-18)35-27(33)19-6-3-2-4-7-19/h2-13,20H,14-16H2,1H3/t20-/m1/s1. The first-order valence-corrected chi connectivity index (χ1v) is 11.3. The summed E-state index contributed by atoms with van der Waals surface area (Å²) < 4.78 is 10.5. The van der Waals surface area contributed by atoms with E-state index in [1.165, 1.54) is 29.2 Å². The third-order valence-electron chi connectivity index (χ3n) is 5.73. The molecule has 0 unspecified atom stereocenters. The van der Waals surface area contributed by atoms with Crippen LogP contribution in [0.1, 0.15) is 32.7 Å². The summed E-state index contributed by atoms with van der Waals surface area (Å²) in [6, 6.07) is 19.8. The van der Waals surface area contributed by atoms with E-state index >= 15 is 0 Å². The molecule has 35 heavy (non-hydrogen) atoms. The number of Topliss-reactive ketones (excluding diaryl/α,β-unsaturated/α-hetero) is 1. The third kappa shape index (κ3) is 5.58. The van der Waals surface area contributed by atoms with E-state index in [1.807, 2.05) is 6.92 Å². The Kier molecular flexibility index (Phi) is 7.27. The monoisotopic (exact) mass is 491 g/mol. The first-order valence-electron chi connectivity index (χ1n) is 11.0. The van der Waals surface area contributed by atoms with Gasteiger partial charge < -0.3 is 14.4 Å². The Morgan fingerprint density at radius 3 is 2.37 bits per heavy atom. The summed E-state index contributed by atoms with van der Waals surface area (Å²) in [5, 5.41) is 0.535. The van der Waals surface area contributed by atoms with Crippen molar-refractivity contribution in [3.05, 3.63) is 94.5 Å². The number of amides is 1. The second-order valence-electron chi connectivity index (χ2n) is 8.10. The van der Waals surface area contributed by atoms with E-state index in [-0.39, 0.29) is 24.6 Å². The molecule has 0 spiro atoms. The maximum absolute atomic E-state index is 12.5. The number of anilines is 1. The van der Waals surface area contributed by atoms with Gasteiger partial charge in [-0.1, -0.05) is 35.9 Å². The van der Waals surface area contributed by atoms with Gasteiger partial charge in [0.15, 0.2) is 12.4 Å². The fourth-order valence-corrected chi connectivity index (χ4v) is 3.94. The molecule has 3 aromatic carbocycles. The molecule has 4 rings (SSSR count). The zero-order chi connectivity index (χ0) is 24.9. The van der Waals surface area contributed by atoms with Crippen LogP contribution in [0, 0.1) is 12.8 Å². The zero-order valence-electron chi connectivity index (χ0n) is 18.9. The van der Waals surface area contributed by atoms with Crippen LogP contribution >= 0.6 is 11.6 Å². The van der Waals surface area contributed by atoms with Crippen LogP contribution in [0.25, 0.3) is 0 Å². The van der Waals surface area contributed by atoms with Gasteiger partial charge in [-0.05, 0) is 61.0 Å². The van der Waals surface area contributed by atoms with Gasteiger partial charge in [0.2, 0.25) is 5.91 Å². The summed E-state index contributed by atoms with van der Waals surface area (Å²) in [4.78, 5) is 51.1. The highest BCUT2D eigenvalue weighted by atomic mass is 35.5. The summed E-state index contributed by atoms with van der Waals surface area (Å²) in [6.45, 7) is 1.51. The number of carbonyl (C=O) groups is 4. The quantitative estimate of drug-likeness (QED) is 0.271. The predicted molar refractivity (Wildman–Crippen MR) is 130 cm³/mol. The minimum Gasteiger partial charge on any atom is -0.457 e. The third-order valence-corrected chi connectivity index (χ3v) is 6.14. The van der Waals surface area contributed by atoms with E-state index in [9.17, 15) is 19.2 Å². The molecule has 1 aliphatic rings. The first kappa shape index (κ1) is 24.2. The molecule has 0 bridgehead atoms. The molecule has 0 aliphatic carbocycles. The summed E-state index contributed by atoms with van der Waals surface area (Å²) in [7, 11) is 0. The molecule has 0 N–H and O–H groups in total. The molecule has 1 atom stereocenters. The number of ether oxygens (including phenoxy) is 2. The van der Waals surface area contributed by atoms with Gasteiger partial charge in [0, 0.05) is 29.2 Å². The number of ketones is 1. The fraction of sp³-hybridized carbons (Fsp3) is 0.185. The van der Waals surface area contributed by atoms with Crippen LogP contribution in [0.5, 0.6) is 5.75 Å². The van der Waals surface area contributed by atoms with E-state index in [0.29, 0.717) is 21.8 Å². The predicted octanol–water partition coefficient (Wildman–Crippen LogP) is 4.65. The van der Waals surface area contributed by atoms with Crippen LogP contribution in [0.2, 0.25) is 5.02 Å². The Morgan fingerprint density at radius 1 is 0.943 bits per heavy atom. The number of hydrogen-bond donors (Lipinski definition) is 0. The molecule has 1 heterocycles. The van der Waals surface area contributed by atoms with Gasteiger partial charge in [-0.3, -0.25) is 14.4 Å². The molecule has 1 amide bonds. The van der Waals surface area contributed by atoms with E-state index in [0.717, 1.165) is 5.56 Å². The number of rotatable bonds is 7. The maximum Gasteiger partial charge on any atom is 0.343 e. The SMILES string of the molecule is Cc1c(Cl)cccc1N1C[C@H](C(=O)OCC(=O)c2ccc(OC(=O)c3ccccc3)cc2)CC1=O. The van der Waals surface area contributed by atoms with Crippen molar-refractivity contribution in [1.29, 1.82) is 0 Å². The second-order valence-corrected chi connectivity index (χ2v) is 8.51. The molecule has 178 valence electrons. The summed E-state index contributed by atoms with van der Waals surface area (Å²) in [5.74, 6) is -2.12. The molecule has 3 aromatic rings. The van der Waals surface area contributed by atoms with Gasteiger partial charge in [-0.15, -0.1) is 0 Å². The average Bonchev–Trinajstić information content (AvgIpc) is 3.26. The Balaban J connectivity index is 1.30. The molecule has 1 aliphatic heterocycles. The topological polar surface area (TPSA) is 90.0 Å². The van der Waals surface area contributed by atoms with Gasteiger partial charge in [-0.25, -0.2) is 4.79 Å². The van der Waals surface area contributed by atoms with Crippen molar-refractivity contribution in [2.45, 2.75) is 13.3 Å². The van der Waals surface area contributed by atoms with Crippen LogP contribution in [0.4, 0.5) is 5.69 Å². The van der Waals surface area contributed by atoms with Gasteiger partial charge in [-0.2, -0.15) is 0 Å². The highest BCUT2D eigenvalue weighted by Crippen LogP contribution is 2.31. The van der Waals surface area contributed by atoms with Gasteiger partial charge in [0.05, 0.1) is 11.5 Å². The van der Waals surface area contributed by atoms with Crippen LogP contribution in [-0.2, 0) is 14.3 Å². The number of nitrogens with zero attached hydrogens (tertiary/aromatic N) is 1. The molecule has 8 heteroatoms. The van der Waals surface area contributed by atoms with Gasteiger partial charge in [0.25, 0.3) is 0 Å². The van der Waals surface area contributed by atoms with Crippen molar-refractivity contribution in [2.24, 2.45) is 5.92 Å². The second kappa shape index (κ2) is 10.5. The Bertz CT molecular complexity index is 1270. The Hall–Kier alpha value is -3.97. The smallest absolute Gasteiger partial charge is 0.343 e. The number of halogens is 1. The largest absolute Gasteiger partial charge is 0.457 e. The zero-order valence-corrected chi connectivity index (χ0v) is 19.7. The van der Waals surface area contributed by atoms with E-state index in [1.54, 1.807) is 48.5 Å². The lowest BCUT2D eigenvalue weighted by Gasteiger charge is -2.19. The van der Waals surface area contributed by atoms with Crippen LogP contribution in [0.15, 0.2) is 72.8 Å². The van der Waals surface area contributed by atoms with Crippen LogP contribution in [-0.4, -0.2) is 36.8 Å². The Morgan fingerprint density at radius 2 is 1.66 bits per heavy atom. The average molecular weight is 492 g/mol. The molecule has 1 saturated heterocycles. The fourth-order valence-electron chi connectivity index (χ4n) is 3.77. The normalized spacial score (nSPS) is 15.1. The molecule has 1 fully saturated rings. The molecule has 7 nitrogen and oxygen atoms in total. The minimum atomic E-state index is -0.673. The van der Waals surface area contributed by atoms with Crippen molar-refractivity contribution in [1.82, 2.24) is 0 Å². The highest BCUT2D eigenvalue weighted by molar-refractivity contribution is 6.31. The summed E-state index contributed by atoms with van der Waals surface area (Å²) >= 11 is 6.15. The van der Waals surface area contributed by atoms with Crippen LogP contribution in [0.3, 0.4) is 0 Å². The molecule has 0 aromatic heterocycles. The van der Waals surface area contributed by atoms with Gasteiger partial charge in [0.1, 0.15) is 5.75 Å². The summed E-state index contributed by atoms with van der Waals surface area (Å²) in [6.07, 6.45) is 0.000452. The van der Waals surface area contributed by atoms with E-state index in [2.05, 4.69) is 0 Å². The minimum absolute atomic E-state index is 0.000452.